The predicted octanol–water partition coefficient (Wildman–Crippen LogP) is 5.13. The molecular weight excluding hydrogens is 303 g/mol. The standard InChI is InChI=1S/C17H14Cl2N2/c1-11(13-4-2-3-5-15(13)19)21-16-8-9-20-17-10-12(18)6-7-14(16)17/h2-11H,1H3,(H,20,21)/p+1/t11-/m1/s1. The van der Waals surface area contributed by atoms with Gasteiger partial charge in [-0.05, 0) is 30.7 Å². The summed E-state index contributed by atoms with van der Waals surface area (Å²) in [5, 5.41) is 6.10. The largest absolute Gasteiger partial charge is 0.378 e. The highest BCUT2D eigenvalue weighted by Gasteiger charge is 2.12. The van der Waals surface area contributed by atoms with E-state index in [2.05, 4.69) is 17.2 Å². The maximum atomic E-state index is 6.26. The van der Waals surface area contributed by atoms with Crippen molar-refractivity contribution in [1.29, 1.82) is 0 Å². The first kappa shape index (κ1) is 14.2. The molecule has 2 N–H and O–H groups in total. The fourth-order valence-electron chi connectivity index (χ4n) is 2.44. The van der Waals surface area contributed by atoms with Gasteiger partial charge in [-0.2, -0.15) is 0 Å². The quantitative estimate of drug-likeness (QED) is 0.711. The van der Waals surface area contributed by atoms with Crippen LogP contribution in [0.4, 0.5) is 5.69 Å². The normalized spacial score (nSPS) is 12.3. The monoisotopic (exact) mass is 317 g/mol. The van der Waals surface area contributed by atoms with Gasteiger partial charge in [0.25, 0.3) is 0 Å². The van der Waals surface area contributed by atoms with E-state index in [1.807, 2.05) is 54.7 Å². The van der Waals surface area contributed by atoms with Crippen LogP contribution in [0.5, 0.6) is 0 Å². The molecule has 1 atom stereocenters. The van der Waals surface area contributed by atoms with Crippen molar-refractivity contribution in [2.24, 2.45) is 0 Å². The Labute approximate surface area is 133 Å². The Hall–Kier alpha value is -1.77. The van der Waals surface area contributed by atoms with E-state index in [-0.39, 0.29) is 6.04 Å². The van der Waals surface area contributed by atoms with Crippen LogP contribution in [0.25, 0.3) is 10.9 Å². The topological polar surface area (TPSA) is 26.2 Å². The van der Waals surface area contributed by atoms with Crippen LogP contribution in [0.2, 0.25) is 10.0 Å². The molecule has 0 saturated carbocycles. The Kier molecular flexibility index (Phi) is 4.00. The first-order valence-corrected chi connectivity index (χ1v) is 7.51. The molecule has 0 aliphatic carbocycles. The molecule has 0 unspecified atom stereocenters. The van der Waals surface area contributed by atoms with Crippen molar-refractivity contribution in [2.75, 3.05) is 5.32 Å². The molecule has 2 nitrogen and oxygen atoms in total. The molecule has 0 aliphatic rings. The molecule has 4 heteroatoms. The third kappa shape index (κ3) is 2.97. The second-order valence-corrected chi connectivity index (χ2v) is 5.81. The molecule has 21 heavy (non-hydrogen) atoms. The Morgan fingerprint density at radius 1 is 1.05 bits per heavy atom. The molecule has 0 amide bonds. The van der Waals surface area contributed by atoms with Crippen molar-refractivity contribution in [2.45, 2.75) is 13.0 Å². The number of halogens is 2. The summed E-state index contributed by atoms with van der Waals surface area (Å²) in [4.78, 5) is 3.21. The number of rotatable bonds is 3. The second kappa shape index (κ2) is 5.92. The minimum Gasteiger partial charge on any atom is -0.378 e. The van der Waals surface area contributed by atoms with E-state index in [4.69, 9.17) is 23.2 Å². The number of aromatic nitrogens is 1. The maximum Gasteiger partial charge on any atom is 0.214 e. The molecule has 0 aliphatic heterocycles. The summed E-state index contributed by atoms with van der Waals surface area (Å²) in [6.07, 6.45) is 1.90. The Bertz CT molecular complexity index is 787. The lowest BCUT2D eigenvalue weighted by atomic mass is 10.1. The predicted molar refractivity (Wildman–Crippen MR) is 89.0 cm³/mol. The van der Waals surface area contributed by atoms with E-state index in [1.165, 1.54) is 0 Å². The van der Waals surface area contributed by atoms with Crippen LogP contribution in [0.15, 0.2) is 54.7 Å². The van der Waals surface area contributed by atoms with Gasteiger partial charge in [0.2, 0.25) is 5.52 Å². The third-order valence-corrected chi connectivity index (χ3v) is 4.08. The molecule has 2 aromatic carbocycles. The van der Waals surface area contributed by atoms with Crippen molar-refractivity contribution in [3.63, 3.8) is 0 Å². The van der Waals surface area contributed by atoms with Gasteiger partial charge >= 0.3 is 0 Å². The van der Waals surface area contributed by atoms with Crippen molar-refractivity contribution in [3.05, 3.63) is 70.3 Å². The van der Waals surface area contributed by atoms with Crippen LogP contribution in [0.3, 0.4) is 0 Å². The lowest BCUT2D eigenvalue weighted by Crippen LogP contribution is -2.10. The molecule has 1 aromatic heterocycles. The van der Waals surface area contributed by atoms with Gasteiger partial charge in [0.1, 0.15) is 0 Å². The van der Waals surface area contributed by atoms with E-state index in [0.717, 1.165) is 32.2 Å². The number of benzene rings is 2. The summed E-state index contributed by atoms with van der Waals surface area (Å²) < 4.78 is 0. The molecule has 0 bridgehead atoms. The van der Waals surface area contributed by atoms with Crippen LogP contribution >= 0.6 is 23.2 Å². The Morgan fingerprint density at radius 3 is 2.67 bits per heavy atom. The lowest BCUT2D eigenvalue weighted by Gasteiger charge is -2.17. The first-order valence-electron chi connectivity index (χ1n) is 6.76. The number of fused-ring (bicyclic) bond motifs is 1. The SMILES string of the molecule is C[C@@H](Nc1cc[nH+]c2cc(Cl)ccc12)c1ccccc1Cl. The number of pyridine rings is 1. The molecular formula is C17H15Cl2N2+. The zero-order chi connectivity index (χ0) is 14.8. The smallest absolute Gasteiger partial charge is 0.214 e. The highest BCUT2D eigenvalue weighted by atomic mass is 35.5. The molecule has 0 saturated heterocycles. The van der Waals surface area contributed by atoms with E-state index in [1.54, 1.807) is 0 Å². The number of hydrogen-bond acceptors (Lipinski definition) is 1. The number of hydrogen-bond donors (Lipinski definition) is 1. The van der Waals surface area contributed by atoms with Crippen LogP contribution in [-0.2, 0) is 0 Å². The van der Waals surface area contributed by atoms with E-state index in [0.29, 0.717) is 0 Å². The Balaban J connectivity index is 1.97. The van der Waals surface area contributed by atoms with Gasteiger partial charge in [0.05, 0.1) is 17.1 Å². The van der Waals surface area contributed by atoms with Gasteiger partial charge in [-0.1, -0.05) is 41.4 Å². The molecule has 0 spiro atoms. The van der Waals surface area contributed by atoms with Gasteiger partial charge in [-0.15, -0.1) is 0 Å². The molecule has 0 radical (unpaired) electrons. The summed E-state index contributed by atoms with van der Waals surface area (Å²) in [5.41, 5.74) is 3.13. The number of aromatic amines is 1. The second-order valence-electron chi connectivity index (χ2n) is 4.97. The molecule has 0 fully saturated rings. The third-order valence-electron chi connectivity index (χ3n) is 3.50. The van der Waals surface area contributed by atoms with Crippen molar-refractivity contribution in [1.82, 2.24) is 0 Å². The van der Waals surface area contributed by atoms with Gasteiger partial charge in [0, 0.05) is 22.2 Å². The van der Waals surface area contributed by atoms with E-state index in [9.17, 15) is 0 Å². The number of nitrogens with one attached hydrogen (secondary N) is 2. The highest BCUT2D eigenvalue weighted by molar-refractivity contribution is 6.31. The zero-order valence-electron chi connectivity index (χ0n) is 11.5. The summed E-state index contributed by atoms with van der Waals surface area (Å²) in [7, 11) is 0. The fourth-order valence-corrected chi connectivity index (χ4v) is 2.91. The first-order chi connectivity index (χ1) is 10.1. The average Bonchev–Trinajstić information content (AvgIpc) is 2.47. The molecule has 3 rings (SSSR count). The highest BCUT2D eigenvalue weighted by Crippen LogP contribution is 2.29. The molecule has 1 heterocycles. The number of anilines is 1. The maximum absolute atomic E-state index is 6.26. The average molecular weight is 318 g/mol. The van der Waals surface area contributed by atoms with Crippen LogP contribution in [-0.4, -0.2) is 0 Å². The summed E-state index contributed by atoms with van der Waals surface area (Å²) in [6, 6.07) is 15.8. The van der Waals surface area contributed by atoms with Crippen molar-refractivity contribution < 1.29 is 4.98 Å². The van der Waals surface area contributed by atoms with Gasteiger partial charge in [0.15, 0.2) is 6.20 Å². The van der Waals surface area contributed by atoms with Crippen LogP contribution < -0.4 is 10.3 Å². The molecule has 106 valence electrons. The lowest BCUT2D eigenvalue weighted by molar-refractivity contribution is -0.344. The summed E-state index contributed by atoms with van der Waals surface area (Å²) >= 11 is 12.3. The minimum absolute atomic E-state index is 0.111. The Morgan fingerprint density at radius 2 is 1.86 bits per heavy atom. The van der Waals surface area contributed by atoms with Gasteiger partial charge in [-0.25, -0.2) is 4.98 Å². The van der Waals surface area contributed by atoms with E-state index >= 15 is 0 Å². The van der Waals surface area contributed by atoms with Crippen LogP contribution in [0, 0.1) is 0 Å². The minimum atomic E-state index is 0.111. The molecule has 3 aromatic rings. The van der Waals surface area contributed by atoms with E-state index < -0.39 is 0 Å². The van der Waals surface area contributed by atoms with Crippen molar-refractivity contribution in [3.8, 4) is 0 Å². The summed E-state index contributed by atoms with van der Waals surface area (Å²) in [5.74, 6) is 0. The van der Waals surface area contributed by atoms with Gasteiger partial charge < -0.3 is 5.32 Å². The zero-order valence-corrected chi connectivity index (χ0v) is 13.0. The van der Waals surface area contributed by atoms with Crippen molar-refractivity contribution >= 4 is 39.8 Å². The summed E-state index contributed by atoms with van der Waals surface area (Å²) in [6.45, 7) is 2.10. The fraction of sp³-hybridized carbons (Fsp3) is 0.118. The number of H-pyrrole nitrogens is 1. The van der Waals surface area contributed by atoms with Crippen LogP contribution in [0.1, 0.15) is 18.5 Å². The van der Waals surface area contributed by atoms with Gasteiger partial charge in [-0.3, -0.25) is 0 Å².